The molecule has 5 heteroatoms. The van der Waals surface area contributed by atoms with Gasteiger partial charge in [0.1, 0.15) is 0 Å². The fraction of sp³-hybridized carbons (Fsp3) is 0.667. The van der Waals surface area contributed by atoms with E-state index in [0.717, 1.165) is 31.4 Å². The number of aromatic nitrogens is 2. The maximum Gasteiger partial charge on any atom is 0.224 e. The molecule has 0 spiro atoms. The number of carbonyl (C=O) groups is 1. The molecular weight excluding hydrogens is 216 g/mol. The highest BCUT2D eigenvalue weighted by molar-refractivity contribution is 5.79. The SMILES string of the molecule is Cn1ccc(CNC(=O)C2CCCCC2N)n1. The predicted molar refractivity (Wildman–Crippen MR) is 65.0 cm³/mol. The predicted octanol–water partition coefficient (Wildman–Crippen LogP) is 0.554. The minimum Gasteiger partial charge on any atom is -0.350 e. The Morgan fingerprint density at radius 1 is 1.59 bits per heavy atom. The Hall–Kier alpha value is -1.36. The lowest BCUT2D eigenvalue weighted by atomic mass is 9.84. The van der Waals surface area contributed by atoms with E-state index >= 15 is 0 Å². The Bertz CT molecular complexity index is 388. The van der Waals surface area contributed by atoms with Crippen molar-refractivity contribution in [3.63, 3.8) is 0 Å². The first-order valence-corrected chi connectivity index (χ1v) is 6.18. The van der Waals surface area contributed by atoms with E-state index in [4.69, 9.17) is 5.73 Å². The fourth-order valence-electron chi connectivity index (χ4n) is 2.35. The van der Waals surface area contributed by atoms with Crippen molar-refractivity contribution >= 4 is 5.91 Å². The van der Waals surface area contributed by atoms with Crippen molar-refractivity contribution in [1.82, 2.24) is 15.1 Å². The Morgan fingerprint density at radius 2 is 2.35 bits per heavy atom. The summed E-state index contributed by atoms with van der Waals surface area (Å²) in [6, 6.07) is 1.92. The maximum atomic E-state index is 12.0. The molecule has 17 heavy (non-hydrogen) atoms. The van der Waals surface area contributed by atoms with Crippen LogP contribution in [0.25, 0.3) is 0 Å². The van der Waals surface area contributed by atoms with E-state index < -0.39 is 0 Å². The molecular formula is C12H20N4O. The van der Waals surface area contributed by atoms with Gasteiger partial charge in [0.2, 0.25) is 5.91 Å². The average molecular weight is 236 g/mol. The third kappa shape index (κ3) is 3.06. The number of carbonyl (C=O) groups excluding carboxylic acids is 1. The van der Waals surface area contributed by atoms with Crippen LogP contribution < -0.4 is 11.1 Å². The first-order chi connectivity index (χ1) is 8.16. The van der Waals surface area contributed by atoms with Gasteiger partial charge in [-0.05, 0) is 18.9 Å². The van der Waals surface area contributed by atoms with E-state index in [0.29, 0.717) is 6.54 Å². The lowest BCUT2D eigenvalue weighted by molar-refractivity contribution is -0.126. The second-order valence-corrected chi connectivity index (χ2v) is 4.75. The lowest BCUT2D eigenvalue weighted by Crippen LogP contribution is -2.43. The summed E-state index contributed by atoms with van der Waals surface area (Å²) in [5.74, 6) is 0.0512. The van der Waals surface area contributed by atoms with Gasteiger partial charge in [0.15, 0.2) is 0 Å². The van der Waals surface area contributed by atoms with Crippen molar-refractivity contribution in [2.45, 2.75) is 38.3 Å². The van der Waals surface area contributed by atoms with E-state index in [1.54, 1.807) is 4.68 Å². The first kappa shape index (κ1) is 12.1. The molecule has 2 unspecified atom stereocenters. The van der Waals surface area contributed by atoms with Crippen LogP contribution in [0, 0.1) is 5.92 Å². The zero-order valence-electron chi connectivity index (χ0n) is 10.2. The molecule has 1 aliphatic rings. The summed E-state index contributed by atoms with van der Waals surface area (Å²) >= 11 is 0. The molecule has 94 valence electrons. The number of amides is 1. The van der Waals surface area contributed by atoms with Crippen LogP contribution in [0.5, 0.6) is 0 Å². The average Bonchev–Trinajstić information content (AvgIpc) is 2.73. The number of nitrogens with zero attached hydrogens (tertiary/aromatic N) is 2. The van der Waals surface area contributed by atoms with Gasteiger partial charge in [0.25, 0.3) is 0 Å². The van der Waals surface area contributed by atoms with Crippen molar-refractivity contribution in [2.75, 3.05) is 0 Å². The largest absolute Gasteiger partial charge is 0.350 e. The normalized spacial score (nSPS) is 24.6. The second kappa shape index (κ2) is 5.31. The summed E-state index contributed by atoms with van der Waals surface area (Å²) in [4.78, 5) is 12.0. The van der Waals surface area contributed by atoms with Crippen molar-refractivity contribution in [2.24, 2.45) is 18.7 Å². The molecule has 2 rings (SSSR count). The summed E-state index contributed by atoms with van der Waals surface area (Å²) in [6.07, 6.45) is 5.99. The summed E-state index contributed by atoms with van der Waals surface area (Å²) in [5, 5.41) is 7.14. The van der Waals surface area contributed by atoms with Crippen LogP contribution in [0.1, 0.15) is 31.4 Å². The quantitative estimate of drug-likeness (QED) is 0.805. The van der Waals surface area contributed by atoms with Gasteiger partial charge in [0.05, 0.1) is 18.2 Å². The Morgan fingerprint density at radius 3 is 3.00 bits per heavy atom. The number of hydrogen-bond donors (Lipinski definition) is 2. The summed E-state index contributed by atoms with van der Waals surface area (Å²) in [7, 11) is 1.86. The standard InChI is InChI=1S/C12H20N4O/c1-16-7-6-9(15-16)8-14-12(17)10-4-2-3-5-11(10)13/h6-7,10-11H,2-5,8,13H2,1H3,(H,14,17). The smallest absolute Gasteiger partial charge is 0.224 e. The van der Waals surface area contributed by atoms with E-state index in [1.165, 1.54) is 0 Å². The molecule has 1 fully saturated rings. The number of nitrogens with two attached hydrogens (primary N) is 1. The monoisotopic (exact) mass is 236 g/mol. The third-order valence-electron chi connectivity index (χ3n) is 3.37. The molecule has 3 N–H and O–H groups in total. The minimum absolute atomic E-state index is 0.0208. The highest BCUT2D eigenvalue weighted by atomic mass is 16.1. The van der Waals surface area contributed by atoms with Crippen LogP contribution in [0.2, 0.25) is 0 Å². The van der Waals surface area contributed by atoms with Gasteiger partial charge in [-0.1, -0.05) is 12.8 Å². The molecule has 1 aromatic rings. The first-order valence-electron chi connectivity index (χ1n) is 6.18. The maximum absolute atomic E-state index is 12.0. The molecule has 1 amide bonds. The summed E-state index contributed by atoms with van der Waals surface area (Å²) in [5.41, 5.74) is 6.85. The van der Waals surface area contributed by atoms with Gasteiger partial charge in [-0.3, -0.25) is 9.48 Å². The number of rotatable bonds is 3. The third-order valence-corrected chi connectivity index (χ3v) is 3.37. The Labute approximate surface area is 101 Å². The molecule has 0 aliphatic heterocycles. The fourth-order valence-corrected chi connectivity index (χ4v) is 2.35. The molecule has 0 saturated heterocycles. The molecule has 1 aromatic heterocycles. The molecule has 5 nitrogen and oxygen atoms in total. The number of hydrogen-bond acceptors (Lipinski definition) is 3. The van der Waals surface area contributed by atoms with Gasteiger partial charge >= 0.3 is 0 Å². The van der Waals surface area contributed by atoms with Crippen LogP contribution in [0.3, 0.4) is 0 Å². The van der Waals surface area contributed by atoms with E-state index in [2.05, 4.69) is 10.4 Å². The van der Waals surface area contributed by atoms with Crippen molar-refractivity contribution in [1.29, 1.82) is 0 Å². The molecule has 0 aromatic carbocycles. The van der Waals surface area contributed by atoms with Gasteiger partial charge in [-0.15, -0.1) is 0 Å². The van der Waals surface area contributed by atoms with Crippen molar-refractivity contribution in [3.05, 3.63) is 18.0 Å². The van der Waals surface area contributed by atoms with Gasteiger partial charge < -0.3 is 11.1 Å². The molecule has 2 atom stereocenters. The van der Waals surface area contributed by atoms with Gasteiger partial charge in [0, 0.05) is 19.3 Å². The molecule has 0 bridgehead atoms. The molecule has 1 aliphatic carbocycles. The number of aryl methyl sites for hydroxylation is 1. The van der Waals surface area contributed by atoms with Crippen LogP contribution in [-0.2, 0) is 18.4 Å². The summed E-state index contributed by atoms with van der Waals surface area (Å²) in [6.45, 7) is 0.489. The molecule has 1 saturated carbocycles. The molecule has 1 heterocycles. The lowest BCUT2D eigenvalue weighted by Gasteiger charge is -2.27. The molecule has 0 radical (unpaired) electrons. The van der Waals surface area contributed by atoms with E-state index in [1.807, 2.05) is 19.3 Å². The Balaban J connectivity index is 1.84. The van der Waals surface area contributed by atoms with Gasteiger partial charge in [-0.25, -0.2) is 0 Å². The van der Waals surface area contributed by atoms with Crippen LogP contribution >= 0.6 is 0 Å². The van der Waals surface area contributed by atoms with E-state index in [-0.39, 0.29) is 17.9 Å². The second-order valence-electron chi connectivity index (χ2n) is 4.75. The van der Waals surface area contributed by atoms with Crippen LogP contribution in [0.4, 0.5) is 0 Å². The number of nitrogens with one attached hydrogen (secondary N) is 1. The van der Waals surface area contributed by atoms with Crippen molar-refractivity contribution < 1.29 is 4.79 Å². The zero-order valence-corrected chi connectivity index (χ0v) is 10.2. The topological polar surface area (TPSA) is 72.9 Å². The highest BCUT2D eigenvalue weighted by Crippen LogP contribution is 2.22. The highest BCUT2D eigenvalue weighted by Gasteiger charge is 2.27. The van der Waals surface area contributed by atoms with Crippen molar-refractivity contribution in [3.8, 4) is 0 Å². The van der Waals surface area contributed by atoms with Crippen LogP contribution in [0.15, 0.2) is 12.3 Å². The Kier molecular flexibility index (Phi) is 3.78. The summed E-state index contributed by atoms with van der Waals surface area (Å²) < 4.78 is 1.73. The zero-order chi connectivity index (χ0) is 12.3. The minimum atomic E-state index is -0.0209. The van der Waals surface area contributed by atoms with Gasteiger partial charge in [-0.2, -0.15) is 5.10 Å². The van der Waals surface area contributed by atoms with Crippen LogP contribution in [-0.4, -0.2) is 21.7 Å². The van der Waals surface area contributed by atoms with E-state index in [9.17, 15) is 4.79 Å².